The molecule has 0 atom stereocenters. The number of nitrogens with zero attached hydrogens (tertiary/aromatic N) is 2. The molecule has 2 nitrogen and oxygen atoms in total. The lowest BCUT2D eigenvalue weighted by molar-refractivity contribution is 1.08. The fourth-order valence-electron chi connectivity index (χ4n) is 4.06. The van der Waals surface area contributed by atoms with E-state index in [-0.39, 0.29) is 0 Å². The average Bonchev–Trinajstić information content (AvgIpc) is 3.37. The first-order valence-corrected chi connectivity index (χ1v) is 10.2. The van der Waals surface area contributed by atoms with Gasteiger partial charge in [-0.2, -0.15) is 0 Å². The molecule has 0 saturated carbocycles. The molecule has 0 aliphatic heterocycles. The number of rotatable bonds is 2. The van der Waals surface area contributed by atoms with Crippen molar-refractivity contribution in [1.29, 1.82) is 0 Å². The molecule has 0 N–H and O–H groups in total. The van der Waals surface area contributed by atoms with Crippen LogP contribution in [0.5, 0.6) is 0 Å². The normalized spacial score (nSPS) is 11.6. The van der Waals surface area contributed by atoms with Crippen molar-refractivity contribution in [3.05, 3.63) is 96.5 Å². The maximum absolute atomic E-state index is 4.86. The second kappa shape index (κ2) is 6.04. The summed E-state index contributed by atoms with van der Waals surface area (Å²) in [6, 6.07) is 29.9. The largest absolute Gasteiger partial charge is 0.293 e. The first-order valence-electron chi connectivity index (χ1n) is 9.31. The summed E-state index contributed by atoms with van der Waals surface area (Å²) in [4.78, 5) is 4.86. The molecule has 3 aromatic carbocycles. The Bertz CT molecular complexity index is 1440. The standard InChI is InChI=1S/C25H16N2S/c1-2-6-17(7-3-1)18-10-13-24(26-16-18)27-22-9-5-4-8-19(22)20-11-12-23-21(25(20)27)14-15-28-23/h1-16H. The molecular formula is C25H16N2S. The number of pyridine rings is 1. The van der Waals surface area contributed by atoms with Crippen LogP contribution in [0, 0.1) is 0 Å². The Morgan fingerprint density at radius 3 is 2.36 bits per heavy atom. The quantitative estimate of drug-likeness (QED) is 0.316. The molecule has 0 spiro atoms. The lowest BCUT2D eigenvalue weighted by atomic mass is 10.1. The van der Waals surface area contributed by atoms with Crippen LogP contribution in [0.4, 0.5) is 0 Å². The van der Waals surface area contributed by atoms with E-state index in [1.807, 2.05) is 12.3 Å². The van der Waals surface area contributed by atoms with Gasteiger partial charge in [0.2, 0.25) is 0 Å². The van der Waals surface area contributed by atoms with E-state index in [9.17, 15) is 0 Å². The zero-order valence-electron chi connectivity index (χ0n) is 15.0. The van der Waals surface area contributed by atoms with Crippen LogP contribution in [0.15, 0.2) is 96.5 Å². The average molecular weight is 376 g/mol. The number of hydrogen-bond donors (Lipinski definition) is 0. The molecular weight excluding hydrogens is 360 g/mol. The van der Waals surface area contributed by atoms with Gasteiger partial charge in [0.25, 0.3) is 0 Å². The molecule has 132 valence electrons. The van der Waals surface area contributed by atoms with Crippen molar-refractivity contribution in [2.45, 2.75) is 0 Å². The summed E-state index contributed by atoms with van der Waals surface area (Å²) >= 11 is 1.78. The summed E-state index contributed by atoms with van der Waals surface area (Å²) in [5, 5.41) is 5.99. The summed E-state index contributed by atoms with van der Waals surface area (Å²) < 4.78 is 3.60. The number of fused-ring (bicyclic) bond motifs is 5. The minimum Gasteiger partial charge on any atom is -0.293 e. The summed E-state index contributed by atoms with van der Waals surface area (Å²) in [5.41, 5.74) is 4.74. The van der Waals surface area contributed by atoms with Crippen LogP contribution >= 0.6 is 11.3 Å². The van der Waals surface area contributed by atoms with Gasteiger partial charge < -0.3 is 0 Å². The van der Waals surface area contributed by atoms with E-state index >= 15 is 0 Å². The van der Waals surface area contributed by atoms with Crippen LogP contribution in [0.3, 0.4) is 0 Å². The van der Waals surface area contributed by atoms with Crippen LogP contribution in [0.2, 0.25) is 0 Å². The van der Waals surface area contributed by atoms with Crippen LogP contribution < -0.4 is 0 Å². The summed E-state index contributed by atoms with van der Waals surface area (Å²) in [6.45, 7) is 0. The van der Waals surface area contributed by atoms with Gasteiger partial charge in [-0.3, -0.25) is 4.57 Å². The van der Waals surface area contributed by atoms with Gasteiger partial charge in [0, 0.05) is 32.6 Å². The van der Waals surface area contributed by atoms with Gasteiger partial charge in [0.1, 0.15) is 5.82 Å². The molecule has 0 aliphatic rings. The van der Waals surface area contributed by atoms with Crippen molar-refractivity contribution >= 4 is 43.2 Å². The maximum Gasteiger partial charge on any atom is 0.137 e. The third-order valence-electron chi connectivity index (χ3n) is 5.35. The molecule has 0 bridgehead atoms. The highest BCUT2D eigenvalue weighted by atomic mass is 32.1. The molecule has 0 amide bonds. The molecule has 0 radical (unpaired) electrons. The van der Waals surface area contributed by atoms with E-state index < -0.39 is 0 Å². The van der Waals surface area contributed by atoms with Gasteiger partial charge >= 0.3 is 0 Å². The third kappa shape index (κ3) is 2.23. The summed E-state index contributed by atoms with van der Waals surface area (Å²) in [6.07, 6.45) is 1.97. The van der Waals surface area contributed by atoms with Crippen molar-refractivity contribution in [2.24, 2.45) is 0 Å². The van der Waals surface area contributed by atoms with Crippen molar-refractivity contribution < 1.29 is 0 Å². The number of thiophene rings is 1. The SMILES string of the molecule is c1ccc(-c2ccc(-n3c4ccccc4c4ccc5sccc5c43)nc2)cc1. The maximum atomic E-state index is 4.86. The number of benzene rings is 3. The first-order chi connectivity index (χ1) is 13.9. The summed E-state index contributed by atoms with van der Waals surface area (Å²) in [7, 11) is 0. The Hall–Kier alpha value is -3.43. The van der Waals surface area contributed by atoms with Crippen LogP contribution in [-0.4, -0.2) is 9.55 Å². The van der Waals surface area contributed by atoms with E-state index in [2.05, 4.69) is 88.8 Å². The van der Waals surface area contributed by atoms with Gasteiger partial charge in [-0.25, -0.2) is 4.98 Å². The van der Waals surface area contributed by atoms with Crippen molar-refractivity contribution in [3.63, 3.8) is 0 Å². The van der Waals surface area contributed by atoms with Crippen LogP contribution in [-0.2, 0) is 0 Å². The monoisotopic (exact) mass is 376 g/mol. The summed E-state index contributed by atoms with van der Waals surface area (Å²) in [5.74, 6) is 0.949. The molecule has 3 heterocycles. The second-order valence-electron chi connectivity index (χ2n) is 6.92. The number of hydrogen-bond acceptors (Lipinski definition) is 2. The predicted octanol–water partition coefficient (Wildman–Crippen LogP) is 7.06. The van der Waals surface area contributed by atoms with Crippen molar-refractivity contribution in [1.82, 2.24) is 9.55 Å². The Kier molecular flexibility index (Phi) is 3.37. The Labute approximate surface area is 166 Å². The van der Waals surface area contributed by atoms with Crippen LogP contribution in [0.1, 0.15) is 0 Å². The topological polar surface area (TPSA) is 17.8 Å². The molecule has 0 saturated heterocycles. The first kappa shape index (κ1) is 15.6. The zero-order valence-corrected chi connectivity index (χ0v) is 15.9. The Morgan fingerprint density at radius 1 is 0.643 bits per heavy atom. The second-order valence-corrected chi connectivity index (χ2v) is 7.87. The lowest BCUT2D eigenvalue weighted by Gasteiger charge is -2.09. The fourth-order valence-corrected chi connectivity index (χ4v) is 4.85. The fraction of sp³-hybridized carbons (Fsp3) is 0. The molecule has 0 unspecified atom stereocenters. The van der Waals surface area contributed by atoms with E-state index in [4.69, 9.17) is 4.98 Å². The van der Waals surface area contributed by atoms with E-state index in [0.717, 1.165) is 11.4 Å². The Morgan fingerprint density at radius 2 is 1.50 bits per heavy atom. The van der Waals surface area contributed by atoms with Gasteiger partial charge in [-0.1, -0.05) is 54.6 Å². The molecule has 3 heteroatoms. The minimum atomic E-state index is 0.949. The van der Waals surface area contributed by atoms with E-state index in [1.54, 1.807) is 11.3 Å². The lowest BCUT2D eigenvalue weighted by Crippen LogP contribution is -1.97. The van der Waals surface area contributed by atoms with Gasteiger partial charge in [-0.15, -0.1) is 11.3 Å². The van der Waals surface area contributed by atoms with Gasteiger partial charge in [-0.05, 0) is 41.3 Å². The predicted molar refractivity (Wildman–Crippen MR) is 119 cm³/mol. The van der Waals surface area contributed by atoms with Crippen LogP contribution in [0.25, 0.3) is 48.8 Å². The van der Waals surface area contributed by atoms with E-state index in [0.29, 0.717) is 0 Å². The zero-order chi connectivity index (χ0) is 18.5. The number of para-hydroxylation sites is 1. The van der Waals surface area contributed by atoms with Gasteiger partial charge in [0.15, 0.2) is 0 Å². The number of aromatic nitrogens is 2. The molecule has 28 heavy (non-hydrogen) atoms. The smallest absolute Gasteiger partial charge is 0.137 e. The third-order valence-corrected chi connectivity index (χ3v) is 6.23. The molecule has 6 aromatic rings. The highest BCUT2D eigenvalue weighted by Crippen LogP contribution is 2.37. The molecule has 6 rings (SSSR count). The molecule has 0 aliphatic carbocycles. The molecule has 0 fully saturated rings. The Balaban J connectivity index is 1.66. The minimum absolute atomic E-state index is 0.949. The molecule has 3 aromatic heterocycles. The van der Waals surface area contributed by atoms with E-state index in [1.165, 1.54) is 37.5 Å². The highest BCUT2D eigenvalue weighted by Gasteiger charge is 2.15. The van der Waals surface area contributed by atoms with Gasteiger partial charge in [0.05, 0.1) is 11.0 Å². The highest BCUT2D eigenvalue weighted by molar-refractivity contribution is 7.17. The van der Waals surface area contributed by atoms with Crippen molar-refractivity contribution in [2.75, 3.05) is 0 Å². The van der Waals surface area contributed by atoms with Crippen molar-refractivity contribution in [3.8, 4) is 16.9 Å².